The van der Waals surface area contributed by atoms with E-state index in [1.807, 2.05) is 0 Å². The zero-order valence-corrected chi connectivity index (χ0v) is 16.3. The van der Waals surface area contributed by atoms with E-state index in [4.69, 9.17) is 9.47 Å². The van der Waals surface area contributed by atoms with E-state index in [0.717, 1.165) is 19.3 Å². The predicted molar refractivity (Wildman–Crippen MR) is 106 cm³/mol. The first kappa shape index (κ1) is 21.6. The lowest BCUT2D eigenvalue weighted by Gasteiger charge is -2.07. The van der Waals surface area contributed by atoms with Gasteiger partial charge in [-0.1, -0.05) is 51.2 Å². The fourth-order valence-electron chi connectivity index (χ4n) is 2.73. The second-order valence-electron chi connectivity index (χ2n) is 6.69. The van der Waals surface area contributed by atoms with Gasteiger partial charge >= 0.3 is 11.9 Å². The van der Waals surface area contributed by atoms with Crippen LogP contribution in [0.2, 0.25) is 0 Å². The number of carbonyl (C=O) groups is 2. The van der Waals surface area contributed by atoms with Gasteiger partial charge in [-0.2, -0.15) is 0 Å². The third kappa shape index (κ3) is 7.51. The van der Waals surface area contributed by atoms with Gasteiger partial charge in [0, 0.05) is 0 Å². The first-order chi connectivity index (χ1) is 13.6. The second-order valence-corrected chi connectivity index (χ2v) is 6.69. The Balaban J connectivity index is 1.74. The van der Waals surface area contributed by atoms with Crippen molar-refractivity contribution in [1.29, 1.82) is 0 Å². The Labute approximate surface area is 165 Å². The van der Waals surface area contributed by atoms with Gasteiger partial charge in [0.15, 0.2) is 0 Å². The summed E-state index contributed by atoms with van der Waals surface area (Å²) in [6, 6.07) is 12.0. The number of benzene rings is 2. The molecule has 2 rings (SSSR count). The van der Waals surface area contributed by atoms with E-state index < -0.39 is 11.9 Å². The molecule has 0 aliphatic heterocycles. The molecule has 0 aromatic heterocycles. The molecule has 0 heterocycles. The second kappa shape index (κ2) is 11.9. The summed E-state index contributed by atoms with van der Waals surface area (Å²) in [4.78, 5) is 24.1. The topological polar surface area (TPSA) is 52.6 Å². The quantitative estimate of drug-likeness (QED) is 0.367. The number of halogens is 1. The maximum atomic E-state index is 13.1. The van der Waals surface area contributed by atoms with Crippen LogP contribution < -0.4 is 0 Å². The third-order valence-electron chi connectivity index (χ3n) is 4.35. The summed E-state index contributed by atoms with van der Waals surface area (Å²) < 4.78 is 23.6. The molecule has 0 unspecified atom stereocenters. The van der Waals surface area contributed by atoms with Crippen LogP contribution in [-0.4, -0.2) is 18.5 Å². The number of ether oxygens (including phenoxy) is 2. The molecule has 28 heavy (non-hydrogen) atoms. The van der Waals surface area contributed by atoms with Crippen molar-refractivity contribution in [3.8, 4) is 0 Å². The predicted octanol–water partition coefficient (Wildman–Crippen LogP) is 5.70. The minimum Gasteiger partial charge on any atom is -0.462 e. The van der Waals surface area contributed by atoms with Crippen molar-refractivity contribution in [1.82, 2.24) is 0 Å². The maximum Gasteiger partial charge on any atom is 0.338 e. The van der Waals surface area contributed by atoms with Crippen LogP contribution in [0.5, 0.6) is 0 Å². The molecule has 0 aliphatic carbocycles. The standard InChI is InChI=1S/C23H27FO4/c1-2-3-4-5-6-7-15-27-22(25)19-11-13-20(14-12-19)23(26)28-17-18-9-8-10-21(24)16-18/h8-14,16H,2-7,15,17H2,1H3. The molecule has 2 aromatic carbocycles. The monoisotopic (exact) mass is 386 g/mol. The molecule has 150 valence electrons. The van der Waals surface area contributed by atoms with E-state index in [-0.39, 0.29) is 12.4 Å². The van der Waals surface area contributed by atoms with Gasteiger partial charge in [-0.3, -0.25) is 0 Å². The van der Waals surface area contributed by atoms with Crippen molar-refractivity contribution in [2.45, 2.75) is 52.1 Å². The van der Waals surface area contributed by atoms with Crippen molar-refractivity contribution >= 4 is 11.9 Å². The molecule has 4 nitrogen and oxygen atoms in total. The van der Waals surface area contributed by atoms with Crippen molar-refractivity contribution < 1.29 is 23.5 Å². The van der Waals surface area contributed by atoms with Crippen LogP contribution in [0.4, 0.5) is 4.39 Å². The summed E-state index contributed by atoms with van der Waals surface area (Å²) in [5, 5.41) is 0. The molecule has 0 saturated carbocycles. The van der Waals surface area contributed by atoms with E-state index in [2.05, 4.69) is 6.92 Å². The van der Waals surface area contributed by atoms with Crippen LogP contribution in [-0.2, 0) is 16.1 Å². The summed E-state index contributed by atoms with van der Waals surface area (Å²) in [7, 11) is 0. The highest BCUT2D eigenvalue weighted by atomic mass is 19.1. The summed E-state index contributed by atoms with van der Waals surface area (Å²) >= 11 is 0. The highest BCUT2D eigenvalue weighted by Crippen LogP contribution is 2.11. The van der Waals surface area contributed by atoms with Gasteiger partial charge < -0.3 is 9.47 Å². The lowest BCUT2D eigenvalue weighted by Crippen LogP contribution is -2.08. The van der Waals surface area contributed by atoms with Crippen molar-refractivity contribution in [3.05, 3.63) is 71.0 Å². The fraction of sp³-hybridized carbons (Fsp3) is 0.391. The number of hydrogen-bond acceptors (Lipinski definition) is 4. The average Bonchev–Trinajstić information content (AvgIpc) is 2.71. The highest BCUT2D eigenvalue weighted by molar-refractivity contribution is 5.93. The van der Waals surface area contributed by atoms with Crippen LogP contribution in [0.15, 0.2) is 48.5 Å². The first-order valence-electron chi connectivity index (χ1n) is 9.79. The fourth-order valence-corrected chi connectivity index (χ4v) is 2.73. The summed E-state index contributed by atoms with van der Waals surface area (Å²) in [6.45, 7) is 2.57. The Hall–Kier alpha value is -2.69. The third-order valence-corrected chi connectivity index (χ3v) is 4.35. The van der Waals surface area contributed by atoms with Crippen molar-refractivity contribution in [3.63, 3.8) is 0 Å². The van der Waals surface area contributed by atoms with E-state index in [1.54, 1.807) is 24.3 Å². The SMILES string of the molecule is CCCCCCCCOC(=O)c1ccc(C(=O)OCc2cccc(F)c2)cc1. The lowest BCUT2D eigenvalue weighted by atomic mass is 10.1. The minimum absolute atomic E-state index is 0.0152. The van der Waals surface area contributed by atoms with Crippen LogP contribution in [0.3, 0.4) is 0 Å². The molecular weight excluding hydrogens is 359 g/mol. The Morgan fingerprint density at radius 2 is 1.43 bits per heavy atom. The van der Waals surface area contributed by atoms with Gasteiger partial charge in [-0.15, -0.1) is 0 Å². The van der Waals surface area contributed by atoms with Gasteiger partial charge in [0.1, 0.15) is 12.4 Å². The molecule has 0 aliphatic rings. The van der Waals surface area contributed by atoms with Gasteiger partial charge in [0.2, 0.25) is 0 Å². The van der Waals surface area contributed by atoms with E-state index >= 15 is 0 Å². The van der Waals surface area contributed by atoms with Crippen molar-refractivity contribution in [2.75, 3.05) is 6.61 Å². The van der Waals surface area contributed by atoms with Gasteiger partial charge in [0.05, 0.1) is 17.7 Å². The Morgan fingerprint density at radius 3 is 2.07 bits per heavy atom. The summed E-state index contributed by atoms with van der Waals surface area (Å²) in [5.41, 5.74) is 1.29. The van der Waals surface area contributed by atoms with Crippen LogP contribution in [0.25, 0.3) is 0 Å². The highest BCUT2D eigenvalue weighted by Gasteiger charge is 2.11. The number of rotatable bonds is 11. The van der Waals surface area contributed by atoms with Crippen LogP contribution >= 0.6 is 0 Å². The first-order valence-corrected chi connectivity index (χ1v) is 9.79. The molecule has 0 fully saturated rings. The minimum atomic E-state index is -0.531. The number of unbranched alkanes of at least 4 members (excludes halogenated alkanes) is 5. The smallest absolute Gasteiger partial charge is 0.338 e. The van der Waals surface area contributed by atoms with E-state index in [0.29, 0.717) is 23.3 Å². The van der Waals surface area contributed by atoms with Gasteiger partial charge in [-0.25, -0.2) is 14.0 Å². The Morgan fingerprint density at radius 1 is 0.821 bits per heavy atom. The molecule has 2 aromatic rings. The number of hydrogen-bond donors (Lipinski definition) is 0. The lowest BCUT2D eigenvalue weighted by molar-refractivity contribution is 0.0466. The zero-order chi connectivity index (χ0) is 20.2. The maximum absolute atomic E-state index is 13.1. The Bertz CT molecular complexity index is 755. The van der Waals surface area contributed by atoms with E-state index in [9.17, 15) is 14.0 Å². The zero-order valence-electron chi connectivity index (χ0n) is 16.3. The molecule has 0 spiro atoms. The average molecular weight is 386 g/mol. The number of carbonyl (C=O) groups excluding carboxylic acids is 2. The van der Waals surface area contributed by atoms with Crippen LogP contribution in [0.1, 0.15) is 71.7 Å². The van der Waals surface area contributed by atoms with Gasteiger partial charge in [0.25, 0.3) is 0 Å². The molecule has 0 bridgehead atoms. The molecule has 0 N–H and O–H groups in total. The van der Waals surface area contributed by atoms with Crippen LogP contribution in [0, 0.1) is 5.82 Å². The molecular formula is C23H27FO4. The molecule has 0 amide bonds. The Kier molecular flexibility index (Phi) is 9.19. The summed E-state index contributed by atoms with van der Waals surface area (Å²) in [6.07, 6.45) is 6.77. The molecule has 5 heteroatoms. The number of esters is 2. The van der Waals surface area contributed by atoms with E-state index in [1.165, 1.54) is 43.5 Å². The van der Waals surface area contributed by atoms with Crippen molar-refractivity contribution in [2.24, 2.45) is 0 Å². The summed E-state index contributed by atoms with van der Waals surface area (Å²) in [5.74, 6) is -1.30. The largest absolute Gasteiger partial charge is 0.462 e. The molecule has 0 radical (unpaired) electrons. The molecule has 0 atom stereocenters. The normalized spacial score (nSPS) is 10.5. The molecule has 0 saturated heterocycles. The van der Waals surface area contributed by atoms with Gasteiger partial charge in [-0.05, 0) is 48.4 Å².